The van der Waals surface area contributed by atoms with Crippen LogP contribution in [0.3, 0.4) is 0 Å². The van der Waals surface area contributed by atoms with E-state index < -0.39 is 5.66 Å². The van der Waals surface area contributed by atoms with Gasteiger partial charge in [-0.3, -0.25) is 20.3 Å². The van der Waals surface area contributed by atoms with E-state index in [1.54, 1.807) is 24.3 Å². The van der Waals surface area contributed by atoms with Gasteiger partial charge in [0, 0.05) is 18.5 Å². The number of hydrogen-bond acceptors (Lipinski definition) is 3. The number of nitrogens with one attached hydrogen (secondary N) is 2. The first-order valence-electron chi connectivity index (χ1n) is 5.95. The maximum atomic E-state index is 12.0. The summed E-state index contributed by atoms with van der Waals surface area (Å²) in [5, 5.41) is 4.55. The summed E-state index contributed by atoms with van der Waals surface area (Å²) in [6, 6.07) is 8.84. The molecule has 0 aliphatic carbocycles. The highest BCUT2D eigenvalue weighted by atomic mass is 16.2. The molecule has 1 aromatic rings. The molecule has 0 saturated carbocycles. The molecular weight excluding hydrogens is 230 g/mol. The van der Waals surface area contributed by atoms with E-state index in [1.165, 1.54) is 5.01 Å². The van der Waals surface area contributed by atoms with Gasteiger partial charge in [-0.25, -0.2) is 5.01 Å². The fraction of sp³-hybridized carbons (Fsp3) is 0.385. The highest BCUT2D eigenvalue weighted by Crippen LogP contribution is 2.14. The van der Waals surface area contributed by atoms with E-state index in [0.717, 1.165) is 0 Å². The van der Waals surface area contributed by atoms with Crippen molar-refractivity contribution in [2.24, 2.45) is 0 Å². The van der Waals surface area contributed by atoms with Gasteiger partial charge in [-0.1, -0.05) is 18.2 Å². The zero-order valence-electron chi connectivity index (χ0n) is 10.6. The number of carbonyl (C=O) groups is 2. The van der Waals surface area contributed by atoms with Crippen molar-refractivity contribution in [1.82, 2.24) is 15.8 Å². The zero-order valence-corrected chi connectivity index (χ0v) is 10.6. The van der Waals surface area contributed by atoms with Crippen LogP contribution in [0.1, 0.15) is 30.6 Å². The molecule has 1 saturated heterocycles. The van der Waals surface area contributed by atoms with Crippen molar-refractivity contribution in [2.75, 3.05) is 6.54 Å². The van der Waals surface area contributed by atoms with E-state index in [4.69, 9.17) is 0 Å². The summed E-state index contributed by atoms with van der Waals surface area (Å²) in [7, 11) is 0. The lowest BCUT2D eigenvalue weighted by Crippen LogP contribution is -2.67. The van der Waals surface area contributed by atoms with Crippen molar-refractivity contribution >= 4 is 11.8 Å². The second-order valence-corrected chi connectivity index (χ2v) is 4.77. The number of rotatable bonds is 2. The number of hydrogen-bond donors (Lipinski definition) is 2. The average molecular weight is 247 g/mol. The number of nitrogens with zero attached hydrogens (tertiary/aromatic N) is 1. The van der Waals surface area contributed by atoms with Crippen LogP contribution in [-0.4, -0.2) is 29.0 Å². The Morgan fingerprint density at radius 3 is 2.61 bits per heavy atom. The quantitative estimate of drug-likeness (QED) is 0.816. The molecule has 1 aromatic carbocycles. The van der Waals surface area contributed by atoms with E-state index in [1.807, 2.05) is 19.9 Å². The molecular formula is C13H17N3O2. The van der Waals surface area contributed by atoms with Crippen LogP contribution in [0.2, 0.25) is 0 Å². The molecule has 0 radical (unpaired) electrons. The molecule has 0 spiro atoms. The second kappa shape index (κ2) is 4.78. The van der Waals surface area contributed by atoms with Crippen LogP contribution in [0.5, 0.6) is 0 Å². The summed E-state index contributed by atoms with van der Waals surface area (Å²) < 4.78 is 0. The van der Waals surface area contributed by atoms with Gasteiger partial charge in [0.1, 0.15) is 5.66 Å². The predicted octanol–water partition coefficient (Wildman–Crippen LogP) is 0.889. The molecule has 1 fully saturated rings. The first-order valence-corrected chi connectivity index (χ1v) is 5.95. The Morgan fingerprint density at radius 2 is 2.00 bits per heavy atom. The first-order chi connectivity index (χ1) is 8.50. The van der Waals surface area contributed by atoms with Crippen LogP contribution in [0, 0.1) is 0 Å². The summed E-state index contributed by atoms with van der Waals surface area (Å²) in [6.45, 7) is 4.34. The third-order valence-corrected chi connectivity index (χ3v) is 2.95. The normalized spacial score (nSPS) is 18.6. The molecule has 0 aromatic heterocycles. The highest BCUT2D eigenvalue weighted by Gasteiger charge is 2.35. The van der Waals surface area contributed by atoms with E-state index in [0.29, 0.717) is 18.5 Å². The smallest absolute Gasteiger partial charge is 0.269 e. The lowest BCUT2D eigenvalue weighted by atomic mass is 10.1. The van der Waals surface area contributed by atoms with E-state index in [2.05, 4.69) is 10.7 Å². The first kappa shape index (κ1) is 12.6. The summed E-state index contributed by atoms with van der Waals surface area (Å²) in [5.74, 6) is -0.358. The molecule has 5 heteroatoms. The Hall–Kier alpha value is -1.88. The SMILES string of the molecule is CC1(C)NCCC(=O)N1NC(=O)c1ccccc1. The van der Waals surface area contributed by atoms with E-state index >= 15 is 0 Å². The van der Waals surface area contributed by atoms with Crippen molar-refractivity contribution in [2.45, 2.75) is 25.9 Å². The average Bonchev–Trinajstić information content (AvgIpc) is 2.34. The maximum Gasteiger partial charge on any atom is 0.269 e. The van der Waals surface area contributed by atoms with Crippen molar-refractivity contribution in [3.05, 3.63) is 35.9 Å². The number of benzene rings is 1. The minimum absolute atomic E-state index is 0.0805. The lowest BCUT2D eigenvalue weighted by molar-refractivity contribution is -0.145. The molecule has 1 aliphatic rings. The van der Waals surface area contributed by atoms with Crippen LogP contribution in [0.15, 0.2) is 30.3 Å². The summed E-state index contributed by atoms with van der Waals surface area (Å²) in [6.07, 6.45) is 0.387. The molecule has 1 heterocycles. The Bertz CT molecular complexity index is 457. The fourth-order valence-corrected chi connectivity index (χ4v) is 1.94. The Morgan fingerprint density at radius 1 is 1.33 bits per heavy atom. The molecule has 2 rings (SSSR count). The summed E-state index contributed by atoms with van der Waals surface area (Å²) >= 11 is 0. The molecule has 2 N–H and O–H groups in total. The minimum atomic E-state index is -0.570. The van der Waals surface area contributed by atoms with E-state index in [9.17, 15) is 9.59 Å². The van der Waals surface area contributed by atoms with Gasteiger partial charge in [-0.15, -0.1) is 0 Å². The van der Waals surface area contributed by atoms with Crippen molar-refractivity contribution in [3.63, 3.8) is 0 Å². The maximum absolute atomic E-state index is 12.0. The summed E-state index contributed by atoms with van der Waals surface area (Å²) in [5.41, 5.74) is 2.62. The summed E-state index contributed by atoms with van der Waals surface area (Å²) in [4.78, 5) is 23.9. The number of hydrazine groups is 1. The second-order valence-electron chi connectivity index (χ2n) is 4.77. The number of amides is 2. The van der Waals surface area contributed by atoms with Crippen molar-refractivity contribution in [3.8, 4) is 0 Å². The number of carbonyl (C=O) groups excluding carboxylic acids is 2. The molecule has 1 aliphatic heterocycles. The third kappa shape index (κ3) is 2.51. The highest BCUT2D eigenvalue weighted by molar-refractivity contribution is 5.95. The molecule has 0 atom stereocenters. The zero-order chi connectivity index (χ0) is 13.2. The van der Waals surface area contributed by atoms with Gasteiger partial charge >= 0.3 is 0 Å². The van der Waals surface area contributed by atoms with Crippen molar-refractivity contribution in [1.29, 1.82) is 0 Å². The van der Waals surface area contributed by atoms with Gasteiger partial charge in [0.15, 0.2) is 0 Å². The van der Waals surface area contributed by atoms with Gasteiger partial charge in [-0.2, -0.15) is 0 Å². The monoisotopic (exact) mass is 247 g/mol. The minimum Gasteiger partial charge on any atom is -0.293 e. The molecule has 0 bridgehead atoms. The van der Waals surface area contributed by atoms with E-state index in [-0.39, 0.29) is 11.8 Å². The van der Waals surface area contributed by atoms with Gasteiger partial charge in [0.2, 0.25) is 5.91 Å². The molecule has 18 heavy (non-hydrogen) atoms. The third-order valence-electron chi connectivity index (χ3n) is 2.95. The molecule has 2 amide bonds. The molecule has 0 unspecified atom stereocenters. The van der Waals surface area contributed by atoms with Crippen molar-refractivity contribution < 1.29 is 9.59 Å². The Labute approximate surface area is 106 Å². The van der Waals surface area contributed by atoms with Crippen LogP contribution < -0.4 is 10.7 Å². The molecule has 5 nitrogen and oxygen atoms in total. The molecule has 96 valence electrons. The lowest BCUT2D eigenvalue weighted by Gasteiger charge is -2.42. The predicted molar refractivity (Wildman–Crippen MR) is 67.5 cm³/mol. The largest absolute Gasteiger partial charge is 0.293 e. The van der Waals surface area contributed by atoms with Crippen LogP contribution in [0.4, 0.5) is 0 Å². The van der Waals surface area contributed by atoms with Gasteiger partial charge in [0.25, 0.3) is 5.91 Å². The Balaban J connectivity index is 2.13. The van der Waals surface area contributed by atoms with Gasteiger partial charge in [0.05, 0.1) is 0 Å². The standard InChI is InChI=1S/C13H17N3O2/c1-13(2)14-9-8-11(17)16(13)15-12(18)10-6-4-3-5-7-10/h3-7,14H,8-9H2,1-2H3,(H,15,18). The van der Waals surface area contributed by atoms with Gasteiger partial charge in [-0.05, 0) is 26.0 Å². The van der Waals surface area contributed by atoms with Gasteiger partial charge < -0.3 is 0 Å². The fourth-order valence-electron chi connectivity index (χ4n) is 1.94. The van der Waals surface area contributed by atoms with Crippen LogP contribution in [-0.2, 0) is 4.79 Å². The topological polar surface area (TPSA) is 61.4 Å². The van der Waals surface area contributed by atoms with Crippen LogP contribution >= 0.6 is 0 Å². The van der Waals surface area contributed by atoms with Crippen LogP contribution in [0.25, 0.3) is 0 Å². The Kier molecular flexibility index (Phi) is 3.34.